The fourth-order valence-corrected chi connectivity index (χ4v) is 3.49. The van der Waals surface area contributed by atoms with Crippen LogP contribution in [0.1, 0.15) is 18.2 Å². The van der Waals surface area contributed by atoms with Crippen LogP contribution >= 0.6 is 11.6 Å². The Hall–Kier alpha value is -2.80. The summed E-state index contributed by atoms with van der Waals surface area (Å²) in [7, 11) is 0. The molecule has 0 unspecified atom stereocenters. The van der Waals surface area contributed by atoms with Crippen LogP contribution in [0.25, 0.3) is 11.0 Å². The van der Waals surface area contributed by atoms with Gasteiger partial charge < -0.3 is 18.6 Å². The zero-order valence-electron chi connectivity index (χ0n) is 14.9. The van der Waals surface area contributed by atoms with Gasteiger partial charge in [-0.25, -0.2) is 9.78 Å². The second-order valence-corrected chi connectivity index (χ2v) is 7.03. The molecule has 0 N–H and O–H groups in total. The molecule has 3 heterocycles. The molecule has 2 aromatic heterocycles. The van der Waals surface area contributed by atoms with Crippen molar-refractivity contribution in [3.63, 3.8) is 0 Å². The molecule has 27 heavy (non-hydrogen) atoms. The lowest BCUT2D eigenvalue weighted by Crippen LogP contribution is -2.44. The van der Waals surface area contributed by atoms with Crippen LogP contribution in [0, 0.1) is 6.92 Å². The van der Waals surface area contributed by atoms with Crippen LogP contribution in [0.5, 0.6) is 5.75 Å². The maximum atomic E-state index is 12.8. The highest BCUT2D eigenvalue weighted by Gasteiger charge is 2.26. The summed E-state index contributed by atoms with van der Waals surface area (Å²) >= 11 is 6.32. The third-order valence-electron chi connectivity index (χ3n) is 4.73. The van der Waals surface area contributed by atoms with E-state index in [1.54, 1.807) is 36.5 Å². The van der Waals surface area contributed by atoms with E-state index in [1.807, 2.05) is 11.5 Å². The Morgan fingerprint density at radius 2 is 2.15 bits per heavy atom. The standard InChI is InChI=1S/C19H18ClN3O4/c1-11-5-18(24)27-16-7-17(15(20)6-14(11)16)26-12(2)19(25)22-3-4-23-10-21-8-13(23)9-22/h5-8,10,12H,3-4,9H2,1-2H3/t12-/m1/s1. The average molecular weight is 388 g/mol. The van der Waals surface area contributed by atoms with Crippen LogP contribution < -0.4 is 10.4 Å². The summed E-state index contributed by atoms with van der Waals surface area (Å²) in [5.74, 6) is 0.171. The molecule has 1 aromatic carbocycles. The lowest BCUT2D eigenvalue weighted by Gasteiger charge is -2.30. The third kappa shape index (κ3) is 3.30. The summed E-state index contributed by atoms with van der Waals surface area (Å²) in [5.41, 5.74) is 1.69. The molecule has 1 aliphatic rings. The Balaban J connectivity index is 1.55. The summed E-state index contributed by atoms with van der Waals surface area (Å²) < 4.78 is 13.1. The molecule has 1 atom stereocenters. The summed E-state index contributed by atoms with van der Waals surface area (Å²) in [4.78, 5) is 30.2. The van der Waals surface area contributed by atoms with Crippen molar-refractivity contribution in [3.05, 3.63) is 57.4 Å². The molecule has 0 spiro atoms. The number of rotatable bonds is 3. The molecule has 0 saturated carbocycles. The quantitative estimate of drug-likeness (QED) is 0.646. The highest BCUT2D eigenvalue weighted by molar-refractivity contribution is 6.32. The highest BCUT2D eigenvalue weighted by Crippen LogP contribution is 2.32. The van der Waals surface area contributed by atoms with E-state index in [4.69, 9.17) is 20.8 Å². The zero-order chi connectivity index (χ0) is 19.1. The zero-order valence-corrected chi connectivity index (χ0v) is 15.7. The van der Waals surface area contributed by atoms with Gasteiger partial charge in [-0.1, -0.05) is 11.6 Å². The van der Waals surface area contributed by atoms with Crippen molar-refractivity contribution in [2.24, 2.45) is 0 Å². The normalized spacial score (nSPS) is 14.9. The molecule has 0 saturated heterocycles. The average Bonchev–Trinajstić information content (AvgIpc) is 3.10. The Kier molecular flexibility index (Phi) is 4.39. The van der Waals surface area contributed by atoms with Crippen molar-refractivity contribution in [2.45, 2.75) is 33.0 Å². The SMILES string of the molecule is Cc1cc(=O)oc2cc(O[C@H](C)C(=O)N3CCn4cncc4C3)c(Cl)cc12. The predicted octanol–water partition coefficient (Wildman–Crippen LogP) is 2.76. The van der Waals surface area contributed by atoms with Gasteiger partial charge in [0, 0.05) is 36.8 Å². The summed E-state index contributed by atoms with van der Waals surface area (Å²) in [5, 5.41) is 1.09. The highest BCUT2D eigenvalue weighted by atomic mass is 35.5. The van der Waals surface area contributed by atoms with Crippen molar-refractivity contribution in [2.75, 3.05) is 6.54 Å². The minimum Gasteiger partial charge on any atom is -0.479 e. The topological polar surface area (TPSA) is 77.6 Å². The molecule has 8 heteroatoms. The summed E-state index contributed by atoms with van der Waals surface area (Å²) in [6.45, 7) is 5.28. The first-order valence-corrected chi connectivity index (χ1v) is 8.98. The molecular formula is C19H18ClN3O4. The second kappa shape index (κ2) is 6.74. The van der Waals surface area contributed by atoms with Gasteiger partial charge in [0.05, 0.1) is 23.6 Å². The number of aryl methyl sites for hydroxylation is 1. The number of halogens is 1. The Morgan fingerprint density at radius 1 is 1.33 bits per heavy atom. The molecule has 0 bridgehead atoms. The van der Waals surface area contributed by atoms with Gasteiger partial charge in [0.25, 0.3) is 5.91 Å². The minimum absolute atomic E-state index is 0.135. The van der Waals surface area contributed by atoms with E-state index in [-0.39, 0.29) is 5.91 Å². The van der Waals surface area contributed by atoms with E-state index < -0.39 is 11.7 Å². The number of imidazole rings is 1. The number of aromatic nitrogens is 2. The van der Waals surface area contributed by atoms with Crippen molar-refractivity contribution < 1.29 is 13.9 Å². The number of nitrogens with zero attached hydrogens (tertiary/aromatic N) is 3. The summed E-state index contributed by atoms with van der Waals surface area (Å²) in [6.07, 6.45) is 2.79. The summed E-state index contributed by atoms with van der Waals surface area (Å²) in [6, 6.07) is 4.65. The van der Waals surface area contributed by atoms with E-state index in [0.29, 0.717) is 36.0 Å². The molecule has 1 aliphatic heterocycles. The van der Waals surface area contributed by atoms with Gasteiger partial charge in [0.1, 0.15) is 11.3 Å². The third-order valence-corrected chi connectivity index (χ3v) is 5.02. The number of fused-ring (bicyclic) bond motifs is 2. The first kappa shape index (κ1) is 17.6. The second-order valence-electron chi connectivity index (χ2n) is 6.63. The van der Waals surface area contributed by atoms with E-state index in [1.165, 1.54) is 6.07 Å². The number of ether oxygens (including phenoxy) is 1. The number of hydrogen-bond acceptors (Lipinski definition) is 5. The van der Waals surface area contributed by atoms with E-state index in [9.17, 15) is 9.59 Å². The molecule has 3 aromatic rings. The lowest BCUT2D eigenvalue weighted by molar-refractivity contribution is -0.139. The van der Waals surface area contributed by atoms with Gasteiger partial charge in [0.2, 0.25) is 0 Å². The Labute approximate surface area is 160 Å². The van der Waals surface area contributed by atoms with Crippen molar-refractivity contribution in [1.29, 1.82) is 0 Å². The monoisotopic (exact) mass is 387 g/mol. The molecular weight excluding hydrogens is 370 g/mol. The van der Waals surface area contributed by atoms with Crippen LogP contribution in [-0.2, 0) is 17.9 Å². The number of amides is 1. The van der Waals surface area contributed by atoms with Gasteiger partial charge >= 0.3 is 5.63 Å². The predicted molar refractivity (Wildman–Crippen MR) is 100.0 cm³/mol. The molecule has 0 fully saturated rings. The molecule has 1 amide bonds. The number of hydrogen-bond donors (Lipinski definition) is 0. The van der Waals surface area contributed by atoms with Gasteiger partial charge in [-0.2, -0.15) is 0 Å². The molecule has 140 valence electrons. The van der Waals surface area contributed by atoms with Crippen LogP contribution in [0.15, 0.2) is 39.9 Å². The van der Waals surface area contributed by atoms with E-state index in [2.05, 4.69) is 4.98 Å². The maximum Gasteiger partial charge on any atom is 0.336 e. The maximum absolute atomic E-state index is 12.8. The first-order valence-electron chi connectivity index (χ1n) is 8.61. The van der Waals surface area contributed by atoms with Gasteiger partial charge in [0.15, 0.2) is 6.10 Å². The van der Waals surface area contributed by atoms with Crippen LogP contribution in [0.3, 0.4) is 0 Å². The Bertz CT molecular complexity index is 1090. The van der Waals surface area contributed by atoms with Crippen LogP contribution in [0.4, 0.5) is 0 Å². The largest absolute Gasteiger partial charge is 0.479 e. The van der Waals surface area contributed by atoms with Crippen molar-refractivity contribution >= 4 is 28.5 Å². The molecule has 0 aliphatic carbocycles. The minimum atomic E-state index is -0.731. The number of benzene rings is 1. The smallest absolute Gasteiger partial charge is 0.336 e. The first-order chi connectivity index (χ1) is 12.9. The van der Waals surface area contributed by atoms with E-state index >= 15 is 0 Å². The van der Waals surface area contributed by atoms with E-state index in [0.717, 1.165) is 16.6 Å². The molecule has 0 radical (unpaired) electrons. The van der Waals surface area contributed by atoms with Crippen LogP contribution in [0.2, 0.25) is 5.02 Å². The van der Waals surface area contributed by atoms with Gasteiger partial charge in [-0.3, -0.25) is 4.79 Å². The molecule has 4 rings (SSSR count). The fraction of sp³-hybridized carbons (Fsp3) is 0.316. The lowest BCUT2D eigenvalue weighted by atomic mass is 10.1. The number of carbonyl (C=O) groups is 1. The number of carbonyl (C=O) groups excluding carboxylic acids is 1. The van der Waals surface area contributed by atoms with Gasteiger partial charge in [-0.05, 0) is 25.5 Å². The molecule has 7 nitrogen and oxygen atoms in total. The van der Waals surface area contributed by atoms with Crippen molar-refractivity contribution in [1.82, 2.24) is 14.5 Å². The van der Waals surface area contributed by atoms with Crippen LogP contribution in [-0.4, -0.2) is 33.0 Å². The van der Waals surface area contributed by atoms with Gasteiger partial charge in [-0.15, -0.1) is 0 Å². The van der Waals surface area contributed by atoms with Crippen molar-refractivity contribution in [3.8, 4) is 5.75 Å². The fourth-order valence-electron chi connectivity index (χ4n) is 3.28. The Morgan fingerprint density at radius 3 is 2.96 bits per heavy atom.